The van der Waals surface area contributed by atoms with Gasteiger partial charge in [-0.25, -0.2) is 9.98 Å². The van der Waals surface area contributed by atoms with Crippen molar-refractivity contribution >= 4 is 28.8 Å². The van der Waals surface area contributed by atoms with Crippen LogP contribution in [0, 0.1) is 6.92 Å². The molecule has 0 fully saturated rings. The van der Waals surface area contributed by atoms with E-state index in [0.29, 0.717) is 24.0 Å². The monoisotopic (exact) mass is 483 g/mol. The topological polar surface area (TPSA) is 83.9 Å². The molecule has 1 heterocycles. The van der Waals surface area contributed by atoms with Gasteiger partial charge in [0.15, 0.2) is 23.2 Å². The summed E-state index contributed by atoms with van der Waals surface area (Å²) in [6, 6.07) is 21.6. The van der Waals surface area contributed by atoms with Gasteiger partial charge in [0, 0.05) is 0 Å². The molecule has 0 bridgehead atoms. The Hall–Kier alpha value is -4.13. The largest absolute Gasteiger partial charge is 0.493 e. The van der Waals surface area contributed by atoms with Crippen molar-refractivity contribution in [3.05, 3.63) is 83.7 Å². The van der Waals surface area contributed by atoms with E-state index in [9.17, 15) is 0 Å². The molecule has 2 N–H and O–H groups in total. The van der Waals surface area contributed by atoms with Gasteiger partial charge in [-0.3, -0.25) is 5.43 Å². The molecule has 36 heavy (non-hydrogen) atoms. The highest BCUT2D eigenvalue weighted by molar-refractivity contribution is 6.00. The number of imidazole rings is 1. The maximum Gasteiger partial charge on any atom is 0.190 e. The number of nitrogens with zero attached hydrogens (tertiary/aromatic N) is 3. The van der Waals surface area contributed by atoms with Crippen LogP contribution in [0.5, 0.6) is 11.5 Å². The second-order valence-electron chi connectivity index (χ2n) is 8.59. The summed E-state index contributed by atoms with van der Waals surface area (Å²) < 4.78 is 11.5. The summed E-state index contributed by atoms with van der Waals surface area (Å²) in [6.45, 7) is 4.93. The van der Waals surface area contributed by atoms with E-state index in [4.69, 9.17) is 14.5 Å². The third kappa shape index (κ3) is 6.72. The molecule has 0 unspecified atom stereocenters. The van der Waals surface area contributed by atoms with Crippen molar-refractivity contribution in [1.29, 1.82) is 0 Å². The number of aliphatic imine (C=N–C) groups is 1. The maximum atomic E-state index is 5.92. The van der Waals surface area contributed by atoms with Gasteiger partial charge in [-0.1, -0.05) is 56.0 Å². The average Bonchev–Trinajstić information content (AvgIpc) is 3.34. The lowest BCUT2D eigenvalue weighted by Gasteiger charge is -2.11. The molecule has 0 spiro atoms. The zero-order valence-electron chi connectivity index (χ0n) is 21.1. The molecule has 3 aromatic carbocycles. The predicted octanol–water partition coefficient (Wildman–Crippen LogP) is 6.54. The summed E-state index contributed by atoms with van der Waals surface area (Å²) in [5.41, 5.74) is 7.72. The number of unbranched alkanes of at least 4 members (excludes halogenated alkanes) is 3. The number of H-pyrrole nitrogens is 1. The van der Waals surface area contributed by atoms with E-state index in [1.807, 2.05) is 73.7 Å². The highest BCUT2D eigenvalue weighted by Crippen LogP contribution is 2.28. The molecule has 7 heteroatoms. The Morgan fingerprint density at radius 2 is 1.83 bits per heavy atom. The van der Waals surface area contributed by atoms with Gasteiger partial charge in [-0.2, -0.15) is 5.10 Å². The van der Waals surface area contributed by atoms with Crippen LogP contribution >= 0.6 is 0 Å². The van der Waals surface area contributed by atoms with Crippen molar-refractivity contribution in [3.8, 4) is 11.5 Å². The number of benzene rings is 3. The minimum atomic E-state index is 0.519. The Labute approximate surface area is 212 Å². The van der Waals surface area contributed by atoms with Crippen LogP contribution in [0.4, 0.5) is 5.69 Å². The number of fused-ring (bicyclic) bond motifs is 1. The van der Waals surface area contributed by atoms with Crippen molar-refractivity contribution in [2.45, 2.75) is 39.5 Å². The molecule has 0 radical (unpaired) electrons. The second kappa shape index (κ2) is 12.5. The normalized spacial score (nSPS) is 11.8. The summed E-state index contributed by atoms with van der Waals surface area (Å²) in [5.74, 6) is 2.55. The van der Waals surface area contributed by atoms with E-state index in [0.717, 1.165) is 34.5 Å². The molecule has 0 amide bonds. The van der Waals surface area contributed by atoms with Gasteiger partial charge < -0.3 is 14.5 Å². The van der Waals surface area contributed by atoms with Crippen LogP contribution < -0.4 is 14.9 Å². The molecule has 0 aliphatic heterocycles. The number of aromatic amines is 1. The zero-order valence-corrected chi connectivity index (χ0v) is 21.1. The number of methoxy groups -OCH3 is 1. The van der Waals surface area contributed by atoms with Crippen molar-refractivity contribution in [3.63, 3.8) is 0 Å². The van der Waals surface area contributed by atoms with E-state index >= 15 is 0 Å². The molecule has 1 aromatic heterocycles. The number of hydrogen-bond acceptors (Lipinski definition) is 5. The number of nitrogens with one attached hydrogen (secondary N) is 2. The first kappa shape index (κ1) is 25.0. The average molecular weight is 484 g/mol. The first-order chi connectivity index (χ1) is 17.7. The number of ether oxygens (including phenoxy) is 2. The summed E-state index contributed by atoms with van der Waals surface area (Å²) in [7, 11) is 1.65. The Kier molecular flexibility index (Phi) is 8.70. The van der Waals surface area contributed by atoms with Gasteiger partial charge in [-0.15, -0.1) is 0 Å². The molecule has 7 nitrogen and oxygen atoms in total. The van der Waals surface area contributed by atoms with Crippen LogP contribution in [0.25, 0.3) is 11.0 Å². The molecule has 0 aliphatic rings. The first-order valence-electron chi connectivity index (χ1n) is 12.4. The van der Waals surface area contributed by atoms with Gasteiger partial charge >= 0.3 is 0 Å². The number of para-hydroxylation sites is 2. The van der Waals surface area contributed by atoms with Gasteiger partial charge in [0.05, 0.1) is 36.7 Å². The molecule has 0 atom stereocenters. The highest BCUT2D eigenvalue weighted by Gasteiger charge is 2.10. The standard InChI is InChI=1S/C29H33N5O2/c1-4-5-6-9-18-36-26-17-14-22(19-27(26)35-3)20-30-34-29(31-23-15-12-21(2)13-16-23)28-32-24-10-7-8-11-25(24)33-28/h7-8,10-17,19-20H,4-6,9,18H2,1-3H3,(H,31,34)(H,32,33). The summed E-state index contributed by atoms with van der Waals surface area (Å²) in [6.07, 6.45) is 6.37. The molecular weight excluding hydrogens is 450 g/mol. The van der Waals surface area contributed by atoms with E-state index in [2.05, 4.69) is 27.4 Å². The van der Waals surface area contributed by atoms with E-state index < -0.39 is 0 Å². The molecular formula is C29H33N5O2. The van der Waals surface area contributed by atoms with Crippen molar-refractivity contribution in [2.24, 2.45) is 10.1 Å². The number of aryl methyl sites for hydroxylation is 1. The number of aromatic nitrogens is 2. The van der Waals surface area contributed by atoms with Gasteiger partial charge in [0.2, 0.25) is 0 Å². The summed E-state index contributed by atoms with van der Waals surface area (Å²) in [4.78, 5) is 12.8. The summed E-state index contributed by atoms with van der Waals surface area (Å²) in [5, 5.41) is 4.44. The Bertz CT molecular complexity index is 1290. The Morgan fingerprint density at radius 3 is 2.61 bits per heavy atom. The predicted molar refractivity (Wildman–Crippen MR) is 147 cm³/mol. The highest BCUT2D eigenvalue weighted by atomic mass is 16.5. The number of hydrazone groups is 1. The first-order valence-corrected chi connectivity index (χ1v) is 12.4. The van der Waals surface area contributed by atoms with Gasteiger partial charge in [0.1, 0.15) is 0 Å². The number of hydrogen-bond donors (Lipinski definition) is 2. The van der Waals surface area contributed by atoms with Crippen molar-refractivity contribution in [1.82, 2.24) is 15.4 Å². The fourth-order valence-electron chi connectivity index (χ4n) is 3.71. The fourth-order valence-corrected chi connectivity index (χ4v) is 3.71. The minimum absolute atomic E-state index is 0.519. The van der Waals surface area contributed by atoms with Crippen LogP contribution in [0.3, 0.4) is 0 Å². The van der Waals surface area contributed by atoms with Gasteiger partial charge in [-0.05, 0) is 61.4 Å². The third-order valence-electron chi connectivity index (χ3n) is 5.72. The zero-order chi connectivity index (χ0) is 25.2. The lowest BCUT2D eigenvalue weighted by atomic mass is 10.2. The lowest BCUT2D eigenvalue weighted by Crippen LogP contribution is -2.20. The molecule has 0 saturated heterocycles. The van der Waals surface area contributed by atoms with Crippen LogP contribution in [-0.2, 0) is 0 Å². The van der Waals surface area contributed by atoms with E-state index in [1.54, 1.807) is 13.3 Å². The van der Waals surface area contributed by atoms with E-state index in [-0.39, 0.29) is 0 Å². The second-order valence-corrected chi connectivity index (χ2v) is 8.59. The number of amidine groups is 1. The number of rotatable bonds is 11. The van der Waals surface area contributed by atoms with Crippen LogP contribution in [0.1, 0.15) is 49.6 Å². The third-order valence-corrected chi connectivity index (χ3v) is 5.72. The summed E-state index contributed by atoms with van der Waals surface area (Å²) >= 11 is 0. The molecule has 0 saturated carbocycles. The quantitative estimate of drug-likeness (QED) is 0.110. The Balaban J connectivity index is 1.51. The molecule has 186 valence electrons. The molecule has 4 rings (SSSR count). The SMILES string of the molecule is CCCCCCOc1ccc(C=NNC(=Nc2ccc(C)cc2)c2nc3ccccc3[nH]2)cc1OC. The maximum absolute atomic E-state index is 5.92. The smallest absolute Gasteiger partial charge is 0.190 e. The fraction of sp³-hybridized carbons (Fsp3) is 0.276. The van der Waals surface area contributed by atoms with Crippen LogP contribution in [0.15, 0.2) is 76.8 Å². The molecule has 0 aliphatic carbocycles. The van der Waals surface area contributed by atoms with Crippen LogP contribution in [0.2, 0.25) is 0 Å². The van der Waals surface area contributed by atoms with E-state index in [1.165, 1.54) is 24.8 Å². The van der Waals surface area contributed by atoms with Crippen molar-refractivity contribution in [2.75, 3.05) is 13.7 Å². The van der Waals surface area contributed by atoms with Crippen LogP contribution in [-0.4, -0.2) is 35.7 Å². The molecule has 4 aromatic rings. The minimum Gasteiger partial charge on any atom is -0.493 e. The lowest BCUT2D eigenvalue weighted by molar-refractivity contribution is 0.285. The van der Waals surface area contributed by atoms with Gasteiger partial charge in [0.25, 0.3) is 0 Å². The Morgan fingerprint density at radius 1 is 1.00 bits per heavy atom. The van der Waals surface area contributed by atoms with Crippen molar-refractivity contribution < 1.29 is 9.47 Å².